The van der Waals surface area contributed by atoms with Gasteiger partial charge in [0.25, 0.3) is 0 Å². The average Bonchev–Trinajstić information content (AvgIpc) is 2.42. The molecule has 0 aromatic heterocycles. The first kappa shape index (κ1) is 17.3. The maximum absolute atomic E-state index is 12.0. The summed E-state index contributed by atoms with van der Waals surface area (Å²) in [4.78, 5) is 25.4. The third kappa shape index (κ3) is 5.28. The van der Waals surface area contributed by atoms with Crippen molar-refractivity contribution < 1.29 is 23.8 Å². The van der Waals surface area contributed by atoms with Gasteiger partial charge in [-0.2, -0.15) is 0 Å². The van der Waals surface area contributed by atoms with Crippen LogP contribution >= 0.6 is 0 Å². The molecule has 21 heavy (non-hydrogen) atoms. The van der Waals surface area contributed by atoms with Crippen LogP contribution in [-0.4, -0.2) is 49.9 Å². The molecule has 1 fully saturated rings. The average molecular weight is 299 g/mol. The van der Waals surface area contributed by atoms with Crippen molar-refractivity contribution in [2.75, 3.05) is 27.3 Å². The van der Waals surface area contributed by atoms with Gasteiger partial charge in [-0.3, -0.25) is 0 Å². The number of piperidine rings is 1. The summed E-state index contributed by atoms with van der Waals surface area (Å²) >= 11 is 0. The molecule has 1 rings (SSSR count). The second-order valence-corrected chi connectivity index (χ2v) is 6.04. The molecule has 0 radical (unpaired) electrons. The van der Waals surface area contributed by atoms with Gasteiger partial charge in [0.1, 0.15) is 5.60 Å². The van der Waals surface area contributed by atoms with Crippen LogP contribution in [0.15, 0.2) is 11.8 Å². The van der Waals surface area contributed by atoms with Gasteiger partial charge < -0.3 is 19.1 Å². The number of esters is 1. The number of hydrogen-bond donors (Lipinski definition) is 0. The van der Waals surface area contributed by atoms with E-state index in [9.17, 15) is 9.59 Å². The molecule has 0 spiro atoms. The standard InChI is InChI=1S/C15H25NO5/c1-15(2,3)21-14(18)16-8-6-11(7-9-16)12(10-19-4)13(17)20-5/h10-11H,6-9H2,1-5H3/b12-10+. The van der Waals surface area contributed by atoms with Gasteiger partial charge in [0.15, 0.2) is 0 Å². The second kappa shape index (κ2) is 7.33. The number of nitrogens with zero attached hydrogens (tertiary/aromatic N) is 1. The predicted octanol–water partition coefficient (Wildman–Crippen LogP) is 2.34. The molecule has 1 aliphatic heterocycles. The molecule has 1 aliphatic rings. The van der Waals surface area contributed by atoms with Gasteiger partial charge in [-0.25, -0.2) is 9.59 Å². The summed E-state index contributed by atoms with van der Waals surface area (Å²) in [5.41, 5.74) is 0.0185. The van der Waals surface area contributed by atoms with Gasteiger partial charge >= 0.3 is 12.1 Å². The maximum Gasteiger partial charge on any atom is 0.410 e. The molecule has 0 aromatic rings. The van der Waals surface area contributed by atoms with E-state index in [1.165, 1.54) is 20.5 Å². The van der Waals surface area contributed by atoms with E-state index in [1.807, 2.05) is 20.8 Å². The topological polar surface area (TPSA) is 65.1 Å². The van der Waals surface area contributed by atoms with E-state index in [0.717, 1.165) is 0 Å². The number of carbonyl (C=O) groups is 2. The van der Waals surface area contributed by atoms with Crippen molar-refractivity contribution in [3.63, 3.8) is 0 Å². The van der Waals surface area contributed by atoms with Crippen LogP contribution in [0.25, 0.3) is 0 Å². The summed E-state index contributed by atoms with van der Waals surface area (Å²) in [5.74, 6) is -0.344. The zero-order chi connectivity index (χ0) is 16.0. The van der Waals surface area contributed by atoms with Crippen molar-refractivity contribution in [2.45, 2.75) is 39.2 Å². The molecule has 120 valence electrons. The zero-order valence-corrected chi connectivity index (χ0v) is 13.5. The lowest BCUT2D eigenvalue weighted by Gasteiger charge is -2.33. The van der Waals surface area contributed by atoms with E-state index in [-0.39, 0.29) is 18.0 Å². The second-order valence-electron chi connectivity index (χ2n) is 6.04. The van der Waals surface area contributed by atoms with Crippen molar-refractivity contribution in [1.82, 2.24) is 4.90 Å². The molecular formula is C15H25NO5. The normalized spacial score (nSPS) is 17.4. The highest BCUT2D eigenvalue weighted by molar-refractivity contribution is 5.88. The van der Waals surface area contributed by atoms with E-state index in [0.29, 0.717) is 31.5 Å². The summed E-state index contributed by atoms with van der Waals surface area (Å²) in [5, 5.41) is 0. The fraction of sp³-hybridized carbons (Fsp3) is 0.733. The van der Waals surface area contributed by atoms with Crippen LogP contribution in [-0.2, 0) is 19.0 Å². The van der Waals surface area contributed by atoms with Gasteiger partial charge in [0.2, 0.25) is 0 Å². The minimum atomic E-state index is -0.499. The van der Waals surface area contributed by atoms with E-state index in [1.54, 1.807) is 4.90 Å². The first-order chi connectivity index (χ1) is 9.78. The number of amides is 1. The molecule has 0 N–H and O–H groups in total. The Morgan fingerprint density at radius 2 is 1.71 bits per heavy atom. The van der Waals surface area contributed by atoms with Gasteiger partial charge in [0.05, 0.1) is 26.1 Å². The monoisotopic (exact) mass is 299 g/mol. The molecule has 6 heteroatoms. The fourth-order valence-corrected chi connectivity index (χ4v) is 2.26. The van der Waals surface area contributed by atoms with Crippen LogP contribution < -0.4 is 0 Å². The summed E-state index contributed by atoms with van der Waals surface area (Å²) in [7, 11) is 2.85. The molecule has 0 saturated carbocycles. The maximum atomic E-state index is 12.0. The summed E-state index contributed by atoms with van der Waals surface area (Å²) in [6, 6.07) is 0. The van der Waals surface area contributed by atoms with Crippen molar-refractivity contribution in [2.24, 2.45) is 5.92 Å². The third-order valence-electron chi connectivity index (χ3n) is 3.25. The smallest absolute Gasteiger partial charge is 0.410 e. The first-order valence-electron chi connectivity index (χ1n) is 7.07. The summed E-state index contributed by atoms with van der Waals surface area (Å²) in [6.07, 6.45) is 2.49. The van der Waals surface area contributed by atoms with Crippen molar-refractivity contribution >= 4 is 12.1 Å². The van der Waals surface area contributed by atoms with Crippen LogP contribution in [0.4, 0.5) is 4.79 Å². The molecule has 0 aromatic carbocycles. The number of methoxy groups -OCH3 is 2. The van der Waals surface area contributed by atoms with E-state index >= 15 is 0 Å². The molecule has 0 aliphatic carbocycles. The van der Waals surface area contributed by atoms with Crippen LogP contribution in [0.5, 0.6) is 0 Å². The Kier molecular flexibility index (Phi) is 6.05. The van der Waals surface area contributed by atoms with E-state index in [2.05, 4.69) is 0 Å². The van der Waals surface area contributed by atoms with Crippen LogP contribution in [0, 0.1) is 5.92 Å². The number of carbonyl (C=O) groups excluding carboxylic acids is 2. The molecular weight excluding hydrogens is 274 g/mol. The number of rotatable bonds is 3. The predicted molar refractivity (Wildman–Crippen MR) is 77.6 cm³/mol. The summed E-state index contributed by atoms with van der Waals surface area (Å²) < 4.78 is 15.1. The van der Waals surface area contributed by atoms with Crippen molar-refractivity contribution in [1.29, 1.82) is 0 Å². The molecule has 6 nitrogen and oxygen atoms in total. The minimum Gasteiger partial charge on any atom is -0.504 e. The minimum absolute atomic E-state index is 0.0380. The van der Waals surface area contributed by atoms with E-state index in [4.69, 9.17) is 14.2 Å². The highest BCUT2D eigenvalue weighted by atomic mass is 16.6. The Balaban J connectivity index is 2.60. The first-order valence-corrected chi connectivity index (χ1v) is 7.07. The molecule has 1 saturated heterocycles. The van der Waals surface area contributed by atoms with Crippen molar-refractivity contribution in [3.05, 3.63) is 11.8 Å². The SMILES string of the molecule is CO/C=C(/C(=O)OC)C1CCN(C(=O)OC(C)(C)C)CC1. The van der Waals surface area contributed by atoms with Gasteiger partial charge in [-0.15, -0.1) is 0 Å². The Bertz CT molecular complexity index is 403. The number of likely N-dealkylation sites (tertiary alicyclic amines) is 1. The fourth-order valence-electron chi connectivity index (χ4n) is 2.26. The lowest BCUT2D eigenvalue weighted by Crippen LogP contribution is -2.42. The zero-order valence-electron chi connectivity index (χ0n) is 13.5. The molecule has 0 unspecified atom stereocenters. The number of ether oxygens (including phenoxy) is 3. The largest absolute Gasteiger partial charge is 0.504 e. The van der Waals surface area contributed by atoms with Crippen LogP contribution in [0.3, 0.4) is 0 Å². The number of hydrogen-bond acceptors (Lipinski definition) is 5. The van der Waals surface area contributed by atoms with Crippen LogP contribution in [0.1, 0.15) is 33.6 Å². The Morgan fingerprint density at radius 3 is 2.14 bits per heavy atom. The third-order valence-corrected chi connectivity index (χ3v) is 3.25. The Hall–Kier alpha value is -1.72. The molecule has 1 amide bonds. The van der Waals surface area contributed by atoms with E-state index < -0.39 is 5.60 Å². The van der Waals surface area contributed by atoms with Gasteiger partial charge in [-0.1, -0.05) is 0 Å². The lowest BCUT2D eigenvalue weighted by atomic mass is 9.90. The molecule has 1 heterocycles. The molecule has 0 bridgehead atoms. The highest BCUT2D eigenvalue weighted by Gasteiger charge is 2.30. The molecule has 0 atom stereocenters. The Labute approximate surface area is 126 Å². The quantitative estimate of drug-likeness (QED) is 0.454. The summed E-state index contributed by atoms with van der Waals surface area (Å²) in [6.45, 7) is 6.63. The van der Waals surface area contributed by atoms with Gasteiger partial charge in [-0.05, 0) is 39.5 Å². The van der Waals surface area contributed by atoms with Gasteiger partial charge in [0, 0.05) is 13.1 Å². The van der Waals surface area contributed by atoms with Crippen LogP contribution in [0.2, 0.25) is 0 Å². The highest BCUT2D eigenvalue weighted by Crippen LogP contribution is 2.26. The Morgan fingerprint density at radius 1 is 1.14 bits per heavy atom. The van der Waals surface area contributed by atoms with Crippen molar-refractivity contribution in [3.8, 4) is 0 Å². The lowest BCUT2D eigenvalue weighted by molar-refractivity contribution is -0.137.